The molecule has 0 spiro atoms. The fourth-order valence-corrected chi connectivity index (χ4v) is 5.29. The van der Waals surface area contributed by atoms with Gasteiger partial charge in [0.1, 0.15) is 21.7 Å². The first kappa shape index (κ1) is 19.1. The summed E-state index contributed by atoms with van der Waals surface area (Å²) in [7, 11) is -3.44. The smallest absolute Gasteiger partial charge is 0.250 e. The van der Waals surface area contributed by atoms with Crippen molar-refractivity contribution in [3.63, 3.8) is 0 Å². The van der Waals surface area contributed by atoms with Crippen LogP contribution in [0, 0.1) is 13.8 Å². The van der Waals surface area contributed by atoms with Gasteiger partial charge in [-0.25, -0.2) is 23.1 Å². The van der Waals surface area contributed by atoms with E-state index in [4.69, 9.17) is 0 Å². The predicted octanol–water partition coefficient (Wildman–Crippen LogP) is 2.54. The number of nitrogens with zero attached hydrogens (tertiary/aromatic N) is 3. The van der Waals surface area contributed by atoms with Crippen molar-refractivity contribution < 1.29 is 8.42 Å². The molecule has 1 saturated heterocycles. The van der Waals surface area contributed by atoms with E-state index in [0.717, 1.165) is 29.6 Å². The van der Waals surface area contributed by atoms with Crippen molar-refractivity contribution in [2.24, 2.45) is 0 Å². The summed E-state index contributed by atoms with van der Waals surface area (Å²) in [5.41, 5.74) is 0. The van der Waals surface area contributed by atoms with Gasteiger partial charge >= 0.3 is 0 Å². The molecule has 3 rings (SSSR count). The molecule has 0 bridgehead atoms. The lowest BCUT2D eigenvalue weighted by molar-refractivity contribution is 0.572. The molecule has 2 N–H and O–H groups in total. The summed E-state index contributed by atoms with van der Waals surface area (Å²) in [5.74, 6) is 2.38. The van der Waals surface area contributed by atoms with E-state index in [1.165, 1.54) is 30.6 Å². The maximum atomic E-state index is 12.2. The summed E-state index contributed by atoms with van der Waals surface area (Å²) in [6.07, 6.45) is 3.65. The van der Waals surface area contributed by atoms with Gasteiger partial charge in [-0.05, 0) is 45.2 Å². The number of aryl methyl sites for hydroxylation is 2. The van der Waals surface area contributed by atoms with Crippen molar-refractivity contribution in [1.29, 1.82) is 0 Å². The minimum absolute atomic E-state index is 0.293. The lowest BCUT2D eigenvalue weighted by Crippen LogP contribution is -2.31. The van der Waals surface area contributed by atoms with Gasteiger partial charge in [0.25, 0.3) is 0 Å². The summed E-state index contributed by atoms with van der Waals surface area (Å²) in [6, 6.07) is 5.38. The van der Waals surface area contributed by atoms with Gasteiger partial charge in [-0.3, -0.25) is 0 Å². The van der Waals surface area contributed by atoms with E-state index in [1.807, 2.05) is 26.0 Å². The Balaban J connectivity index is 1.55. The molecule has 1 aliphatic heterocycles. The number of rotatable bonds is 7. The summed E-state index contributed by atoms with van der Waals surface area (Å²) in [6.45, 7) is 6.57. The maximum absolute atomic E-state index is 12.2. The molecule has 2 aromatic heterocycles. The van der Waals surface area contributed by atoms with E-state index >= 15 is 0 Å². The molecule has 0 aliphatic carbocycles. The van der Waals surface area contributed by atoms with E-state index in [9.17, 15) is 8.42 Å². The second kappa shape index (κ2) is 8.32. The standard InChI is InChI=1S/C17H25N5O2S2/c1-13-6-7-17(25-13)26(23,24)19-9-8-18-15-12-16(21-14(2)20-15)22-10-4-3-5-11-22/h6-7,12,19H,3-5,8-11H2,1-2H3,(H,18,20,21). The SMILES string of the molecule is Cc1nc(NCCNS(=O)(=O)c2ccc(C)s2)cc(N2CCCCC2)n1. The second-order valence-corrected chi connectivity index (χ2v) is 9.68. The Morgan fingerprint density at radius 2 is 1.88 bits per heavy atom. The fraction of sp³-hybridized carbons (Fsp3) is 0.529. The summed E-state index contributed by atoms with van der Waals surface area (Å²) < 4.78 is 27.4. The summed E-state index contributed by atoms with van der Waals surface area (Å²) >= 11 is 1.27. The van der Waals surface area contributed by atoms with Crippen LogP contribution in [0.1, 0.15) is 30.0 Å². The number of hydrogen-bond donors (Lipinski definition) is 2. The topological polar surface area (TPSA) is 87.2 Å². The average molecular weight is 396 g/mol. The molecule has 0 unspecified atom stereocenters. The number of hydrogen-bond acceptors (Lipinski definition) is 7. The first-order valence-corrected chi connectivity index (χ1v) is 11.1. The summed E-state index contributed by atoms with van der Waals surface area (Å²) in [5, 5.41) is 3.19. The first-order valence-electron chi connectivity index (χ1n) is 8.85. The zero-order valence-corrected chi connectivity index (χ0v) is 16.8. The molecular weight excluding hydrogens is 370 g/mol. The van der Waals surface area contributed by atoms with Crippen molar-refractivity contribution in [1.82, 2.24) is 14.7 Å². The fourth-order valence-electron chi connectivity index (χ4n) is 2.93. The molecule has 0 radical (unpaired) electrons. The first-order chi connectivity index (χ1) is 12.4. The third-order valence-electron chi connectivity index (χ3n) is 4.21. The minimum atomic E-state index is -3.44. The Morgan fingerprint density at radius 1 is 1.12 bits per heavy atom. The zero-order valence-electron chi connectivity index (χ0n) is 15.2. The molecule has 3 heterocycles. The monoisotopic (exact) mass is 395 g/mol. The highest BCUT2D eigenvalue weighted by Crippen LogP contribution is 2.21. The zero-order chi connectivity index (χ0) is 18.6. The van der Waals surface area contributed by atoms with Crippen LogP contribution < -0.4 is 14.9 Å². The Labute approximate surface area is 158 Å². The molecule has 1 aliphatic rings. The molecule has 2 aromatic rings. The molecule has 0 atom stereocenters. The van der Waals surface area contributed by atoms with E-state index in [0.29, 0.717) is 23.1 Å². The van der Waals surface area contributed by atoms with Gasteiger partial charge in [0, 0.05) is 37.1 Å². The van der Waals surface area contributed by atoms with Crippen LogP contribution in [0.25, 0.3) is 0 Å². The van der Waals surface area contributed by atoms with E-state index in [-0.39, 0.29) is 0 Å². The lowest BCUT2D eigenvalue weighted by atomic mass is 10.1. The molecule has 0 aromatic carbocycles. The largest absolute Gasteiger partial charge is 0.369 e. The van der Waals surface area contributed by atoms with Crippen molar-refractivity contribution in [3.8, 4) is 0 Å². The number of piperidine rings is 1. The number of nitrogens with one attached hydrogen (secondary N) is 2. The quantitative estimate of drug-likeness (QED) is 0.701. The van der Waals surface area contributed by atoms with Crippen molar-refractivity contribution in [2.45, 2.75) is 37.3 Å². The molecule has 142 valence electrons. The molecule has 0 saturated carbocycles. The maximum Gasteiger partial charge on any atom is 0.250 e. The van der Waals surface area contributed by atoms with Gasteiger partial charge in [-0.2, -0.15) is 0 Å². The van der Waals surface area contributed by atoms with Crippen LogP contribution in [0.5, 0.6) is 0 Å². The highest BCUT2D eigenvalue weighted by molar-refractivity contribution is 7.91. The number of aromatic nitrogens is 2. The van der Waals surface area contributed by atoms with Crippen LogP contribution in [-0.4, -0.2) is 44.6 Å². The van der Waals surface area contributed by atoms with Crippen LogP contribution in [0.4, 0.5) is 11.6 Å². The third-order valence-corrected chi connectivity index (χ3v) is 7.16. The van der Waals surface area contributed by atoms with Gasteiger partial charge in [0.15, 0.2) is 0 Å². The van der Waals surface area contributed by atoms with Crippen molar-refractivity contribution in [3.05, 3.63) is 28.9 Å². The normalized spacial score (nSPS) is 15.2. The minimum Gasteiger partial charge on any atom is -0.369 e. The van der Waals surface area contributed by atoms with Gasteiger partial charge < -0.3 is 10.2 Å². The highest BCUT2D eigenvalue weighted by Gasteiger charge is 2.16. The van der Waals surface area contributed by atoms with Crippen LogP contribution >= 0.6 is 11.3 Å². The van der Waals surface area contributed by atoms with E-state index in [2.05, 4.69) is 24.9 Å². The van der Waals surface area contributed by atoms with Crippen LogP contribution in [0.15, 0.2) is 22.4 Å². The molecular formula is C17H25N5O2S2. The Morgan fingerprint density at radius 3 is 2.58 bits per heavy atom. The average Bonchev–Trinajstić information content (AvgIpc) is 3.07. The Kier molecular flexibility index (Phi) is 6.10. The van der Waals surface area contributed by atoms with Crippen molar-refractivity contribution >= 4 is 33.0 Å². The molecule has 26 heavy (non-hydrogen) atoms. The second-order valence-electron chi connectivity index (χ2n) is 6.40. The van der Waals surface area contributed by atoms with Crippen LogP contribution in [0.2, 0.25) is 0 Å². The van der Waals surface area contributed by atoms with E-state index in [1.54, 1.807) is 6.07 Å². The molecule has 9 heteroatoms. The number of anilines is 2. The van der Waals surface area contributed by atoms with Crippen LogP contribution in [0.3, 0.4) is 0 Å². The predicted molar refractivity (Wildman–Crippen MR) is 106 cm³/mol. The van der Waals surface area contributed by atoms with Gasteiger partial charge in [-0.15, -0.1) is 11.3 Å². The Bertz CT molecular complexity index is 845. The van der Waals surface area contributed by atoms with Crippen molar-refractivity contribution in [2.75, 3.05) is 36.4 Å². The van der Waals surface area contributed by atoms with E-state index < -0.39 is 10.0 Å². The molecule has 1 fully saturated rings. The van der Waals surface area contributed by atoms with Gasteiger partial charge in [-0.1, -0.05) is 0 Å². The highest BCUT2D eigenvalue weighted by atomic mass is 32.2. The van der Waals surface area contributed by atoms with Crippen LogP contribution in [-0.2, 0) is 10.0 Å². The lowest BCUT2D eigenvalue weighted by Gasteiger charge is -2.28. The molecule has 0 amide bonds. The van der Waals surface area contributed by atoms with Gasteiger partial charge in [0.2, 0.25) is 10.0 Å². The van der Waals surface area contributed by atoms with Gasteiger partial charge in [0.05, 0.1) is 0 Å². The number of thiophene rings is 1. The molecule has 7 nitrogen and oxygen atoms in total. The Hall–Kier alpha value is -1.71. The number of sulfonamides is 1. The summed E-state index contributed by atoms with van der Waals surface area (Å²) in [4.78, 5) is 12.2. The third kappa shape index (κ3) is 4.93.